The van der Waals surface area contributed by atoms with E-state index in [9.17, 15) is 13.2 Å². The summed E-state index contributed by atoms with van der Waals surface area (Å²) in [6.45, 7) is 1.96. The first kappa shape index (κ1) is 18.5. The van der Waals surface area contributed by atoms with E-state index in [0.717, 1.165) is 55.0 Å². The maximum Gasteiger partial charge on any atom is 0.433 e. The van der Waals surface area contributed by atoms with Crippen molar-refractivity contribution in [3.63, 3.8) is 0 Å². The number of nitrogens with zero attached hydrogens (tertiary/aromatic N) is 6. The van der Waals surface area contributed by atoms with Gasteiger partial charge in [-0.2, -0.15) is 18.3 Å². The number of rotatable bonds is 4. The summed E-state index contributed by atoms with van der Waals surface area (Å²) in [4.78, 5) is 14.2. The van der Waals surface area contributed by atoms with E-state index in [-0.39, 0.29) is 11.7 Å². The first-order valence-electron chi connectivity index (χ1n) is 8.95. The molecule has 28 heavy (non-hydrogen) atoms. The van der Waals surface area contributed by atoms with Crippen molar-refractivity contribution in [2.75, 3.05) is 24.6 Å². The lowest BCUT2D eigenvalue weighted by Gasteiger charge is -2.32. The zero-order valence-electron chi connectivity index (χ0n) is 15.2. The van der Waals surface area contributed by atoms with Crippen molar-refractivity contribution in [2.24, 2.45) is 13.0 Å². The number of aryl methyl sites for hydroxylation is 1. The van der Waals surface area contributed by atoms with Crippen LogP contribution in [-0.4, -0.2) is 44.4 Å². The Morgan fingerprint density at radius 2 is 1.96 bits per heavy atom. The van der Waals surface area contributed by atoms with Gasteiger partial charge in [0, 0.05) is 32.4 Å². The van der Waals surface area contributed by atoms with Crippen LogP contribution in [0.3, 0.4) is 0 Å². The van der Waals surface area contributed by atoms with Crippen molar-refractivity contribution in [1.29, 1.82) is 0 Å². The molecular weight excluding hydrogens is 373 g/mol. The average molecular weight is 392 g/mol. The molecule has 0 spiro atoms. The Labute approximate surface area is 159 Å². The maximum absolute atomic E-state index is 12.7. The predicted octanol–water partition coefficient (Wildman–Crippen LogP) is 3.07. The molecule has 7 nitrogen and oxygen atoms in total. The van der Waals surface area contributed by atoms with Gasteiger partial charge < -0.3 is 9.64 Å². The van der Waals surface area contributed by atoms with E-state index >= 15 is 0 Å². The standard InChI is InChI=1S/C18H19F3N6O/c1-26-16-14(9-25-26)17(24-11-23-16)27-6-3-12(4-7-27)10-28-13-2-5-22-15(8-13)18(19,20)21/h2,5,8-9,11-12H,3-4,6-7,10H2,1H3. The minimum atomic E-state index is -4.47. The van der Waals surface area contributed by atoms with Gasteiger partial charge >= 0.3 is 6.18 Å². The fourth-order valence-corrected chi connectivity index (χ4v) is 3.38. The highest BCUT2D eigenvalue weighted by Gasteiger charge is 2.32. The molecule has 1 aliphatic heterocycles. The van der Waals surface area contributed by atoms with Gasteiger partial charge in [0.25, 0.3) is 0 Å². The van der Waals surface area contributed by atoms with Crippen LogP contribution in [0.4, 0.5) is 19.0 Å². The lowest BCUT2D eigenvalue weighted by atomic mass is 9.97. The Bertz CT molecular complexity index is 965. The largest absolute Gasteiger partial charge is 0.493 e. The summed E-state index contributed by atoms with van der Waals surface area (Å²) in [5.41, 5.74) is -0.155. The summed E-state index contributed by atoms with van der Waals surface area (Å²) in [6, 6.07) is 2.39. The van der Waals surface area contributed by atoms with E-state index < -0.39 is 11.9 Å². The number of anilines is 1. The zero-order valence-corrected chi connectivity index (χ0v) is 15.2. The molecule has 0 aromatic carbocycles. The van der Waals surface area contributed by atoms with Crippen LogP contribution in [0.1, 0.15) is 18.5 Å². The Hall–Kier alpha value is -2.91. The van der Waals surface area contributed by atoms with E-state index in [2.05, 4.69) is 25.0 Å². The van der Waals surface area contributed by atoms with E-state index in [1.807, 2.05) is 7.05 Å². The fraction of sp³-hybridized carbons (Fsp3) is 0.444. The molecule has 148 valence electrons. The first-order chi connectivity index (χ1) is 13.4. The van der Waals surface area contributed by atoms with E-state index in [0.29, 0.717) is 6.61 Å². The quantitative estimate of drug-likeness (QED) is 0.680. The van der Waals surface area contributed by atoms with E-state index in [1.165, 1.54) is 12.4 Å². The number of ether oxygens (including phenoxy) is 1. The second kappa shape index (κ2) is 7.25. The molecule has 1 aliphatic rings. The molecule has 0 atom stereocenters. The third-order valence-electron chi connectivity index (χ3n) is 4.93. The molecule has 3 aromatic heterocycles. The molecule has 0 saturated carbocycles. The van der Waals surface area contributed by atoms with Gasteiger partial charge in [-0.1, -0.05) is 0 Å². The van der Waals surface area contributed by atoms with Gasteiger partial charge in [0.1, 0.15) is 23.6 Å². The molecule has 0 aliphatic carbocycles. The Kier molecular flexibility index (Phi) is 4.78. The number of aromatic nitrogens is 5. The van der Waals surface area contributed by atoms with E-state index in [1.54, 1.807) is 10.9 Å². The molecular formula is C18H19F3N6O. The second-order valence-corrected chi connectivity index (χ2v) is 6.82. The van der Waals surface area contributed by atoms with Crippen LogP contribution >= 0.6 is 0 Å². The van der Waals surface area contributed by atoms with Gasteiger partial charge in [0.15, 0.2) is 5.65 Å². The van der Waals surface area contributed by atoms with E-state index in [4.69, 9.17) is 4.74 Å². The number of hydrogen-bond acceptors (Lipinski definition) is 6. The molecule has 1 saturated heterocycles. The molecule has 10 heteroatoms. The summed E-state index contributed by atoms with van der Waals surface area (Å²) in [7, 11) is 1.84. The van der Waals surface area contributed by atoms with Gasteiger partial charge in [-0.15, -0.1) is 0 Å². The molecule has 0 radical (unpaired) electrons. The monoisotopic (exact) mass is 392 g/mol. The molecule has 0 unspecified atom stereocenters. The zero-order chi connectivity index (χ0) is 19.7. The van der Waals surface area contributed by atoms with Gasteiger partial charge in [-0.05, 0) is 24.8 Å². The number of alkyl halides is 3. The Morgan fingerprint density at radius 1 is 1.18 bits per heavy atom. The third-order valence-corrected chi connectivity index (χ3v) is 4.93. The van der Waals surface area contributed by atoms with Crippen LogP contribution < -0.4 is 9.64 Å². The summed E-state index contributed by atoms with van der Waals surface area (Å²) in [5.74, 6) is 1.32. The van der Waals surface area contributed by atoms with Crippen LogP contribution in [0, 0.1) is 5.92 Å². The Morgan fingerprint density at radius 3 is 2.71 bits per heavy atom. The number of halogens is 3. The fourth-order valence-electron chi connectivity index (χ4n) is 3.38. The molecule has 0 bridgehead atoms. The van der Waals surface area contributed by atoms with Crippen molar-refractivity contribution < 1.29 is 17.9 Å². The number of hydrogen-bond donors (Lipinski definition) is 0. The van der Waals surface area contributed by atoms with Gasteiger partial charge in [-0.25, -0.2) is 9.97 Å². The number of piperidine rings is 1. The highest BCUT2D eigenvalue weighted by Crippen LogP contribution is 2.30. The summed E-state index contributed by atoms with van der Waals surface area (Å²) >= 11 is 0. The van der Waals surface area contributed by atoms with Crippen LogP contribution in [0.5, 0.6) is 5.75 Å². The smallest absolute Gasteiger partial charge is 0.433 e. The molecule has 1 fully saturated rings. The lowest BCUT2D eigenvalue weighted by Crippen LogP contribution is -2.36. The maximum atomic E-state index is 12.7. The van der Waals surface area contributed by atoms with Crippen LogP contribution in [0.15, 0.2) is 30.9 Å². The van der Waals surface area contributed by atoms with Crippen molar-refractivity contribution in [3.8, 4) is 5.75 Å². The minimum absolute atomic E-state index is 0.192. The summed E-state index contributed by atoms with van der Waals surface area (Å²) in [5, 5.41) is 5.15. The van der Waals surface area contributed by atoms with Crippen molar-refractivity contribution in [3.05, 3.63) is 36.5 Å². The summed E-state index contributed by atoms with van der Waals surface area (Å²) in [6.07, 6.45) is 1.68. The van der Waals surface area contributed by atoms with Crippen LogP contribution in [-0.2, 0) is 13.2 Å². The third kappa shape index (κ3) is 3.71. The average Bonchev–Trinajstić information content (AvgIpc) is 3.08. The van der Waals surface area contributed by atoms with Gasteiger partial charge in [0.2, 0.25) is 0 Å². The highest BCUT2D eigenvalue weighted by molar-refractivity contribution is 5.86. The Balaban J connectivity index is 1.36. The van der Waals surface area contributed by atoms with Gasteiger partial charge in [-0.3, -0.25) is 9.67 Å². The molecule has 3 aromatic rings. The first-order valence-corrected chi connectivity index (χ1v) is 8.95. The topological polar surface area (TPSA) is 69.0 Å². The molecule has 4 heterocycles. The number of pyridine rings is 1. The minimum Gasteiger partial charge on any atom is -0.493 e. The van der Waals surface area contributed by atoms with Crippen LogP contribution in [0.25, 0.3) is 11.0 Å². The number of fused-ring (bicyclic) bond motifs is 1. The highest BCUT2D eigenvalue weighted by atomic mass is 19.4. The van der Waals surface area contributed by atoms with Crippen LogP contribution in [0.2, 0.25) is 0 Å². The molecule has 0 N–H and O–H groups in total. The van der Waals surface area contributed by atoms with Crippen molar-refractivity contribution in [2.45, 2.75) is 19.0 Å². The predicted molar refractivity (Wildman–Crippen MR) is 96.0 cm³/mol. The molecule has 0 amide bonds. The normalized spacial score (nSPS) is 15.9. The summed E-state index contributed by atoms with van der Waals surface area (Å²) < 4.78 is 45.5. The molecule has 4 rings (SSSR count). The second-order valence-electron chi connectivity index (χ2n) is 6.82. The lowest BCUT2D eigenvalue weighted by molar-refractivity contribution is -0.141. The van der Waals surface area contributed by atoms with Crippen molar-refractivity contribution >= 4 is 16.9 Å². The van der Waals surface area contributed by atoms with Gasteiger partial charge in [0.05, 0.1) is 18.2 Å². The van der Waals surface area contributed by atoms with Crippen molar-refractivity contribution in [1.82, 2.24) is 24.7 Å². The SMILES string of the molecule is Cn1ncc2c(N3CCC(COc4ccnc(C(F)(F)F)c4)CC3)ncnc21.